The molecule has 2 aliphatic rings. The Morgan fingerprint density at radius 2 is 1.96 bits per heavy atom. The highest BCUT2D eigenvalue weighted by Crippen LogP contribution is 2.26. The van der Waals surface area contributed by atoms with Gasteiger partial charge >= 0.3 is 0 Å². The number of nitrogens with one attached hydrogen (secondary N) is 1. The number of thioether (sulfide) groups is 1. The highest BCUT2D eigenvalue weighted by molar-refractivity contribution is 8.15. The van der Waals surface area contributed by atoms with Crippen molar-refractivity contribution in [2.75, 3.05) is 7.05 Å². The molecule has 2 amide bonds. The Bertz CT molecular complexity index is 641. The first-order chi connectivity index (χ1) is 12.1. The molecule has 2 fully saturated rings. The van der Waals surface area contributed by atoms with Crippen LogP contribution in [0.3, 0.4) is 0 Å². The molecule has 134 valence electrons. The summed E-state index contributed by atoms with van der Waals surface area (Å²) < 4.78 is 0. The molecule has 1 aliphatic heterocycles. The molecule has 5 nitrogen and oxygen atoms in total. The van der Waals surface area contributed by atoms with E-state index in [9.17, 15) is 9.59 Å². The van der Waals surface area contributed by atoms with E-state index >= 15 is 0 Å². The number of benzene rings is 1. The first-order valence-electron chi connectivity index (χ1n) is 8.95. The zero-order chi connectivity index (χ0) is 17.6. The van der Waals surface area contributed by atoms with Gasteiger partial charge in [-0.1, -0.05) is 61.4 Å². The number of carbonyl (C=O) groups is 2. The van der Waals surface area contributed by atoms with E-state index in [2.05, 4.69) is 10.3 Å². The van der Waals surface area contributed by atoms with E-state index in [1.54, 1.807) is 11.9 Å². The molecule has 6 heteroatoms. The Labute approximate surface area is 153 Å². The fourth-order valence-corrected chi connectivity index (χ4v) is 4.27. The number of amidine groups is 1. The average Bonchev–Trinajstić information content (AvgIpc) is 2.95. The fraction of sp³-hybridized carbons (Fsp3) is 0.526. The second-order valence-electron chi connectivity index (χ2n) is 6.76. The lowest BCUT2D eigenvalue weighted by molar-refractivity contribution is -0.132. The van der Waals surface area contributed by atoms with Crippen molar-refractivity contribution in [1.82, 2.24) is 10.2 Å². The lowest BCUT2D eigenvalue weighted by atomic mass is 9.96. The van der Waals surface area contributed by atoms with E-state index in [0.717, 1.165) is 18.4 Å². The van der Waals surface area contributed by atoms with Crippen LogP contribution in [0.1, 0.15) is 44.1 Å². The van der Waals surface area contributed by atoms with Gasteiger partial charge in [0.25, 0.3) is 0 Å². The zero-order valence-corrected chi connectivity index (χ0v) is 15.4. The van der Waals surface area contributed by atoms with E-state index in [1.807, 2.05) is 30.3 Å². The number of amides is 2. The minimum absolute atomic E-state index is 0.0181. The molecular weight excluding hydrogens is 334 g/mol. The molecule has 0 spiro atoms. The van der Waals surface area contributed by atoms with Crippen LogP contribution in [0.4, 0.5) is 0 Å². The number of hydrogen-bond donors (Lipinski definition) is 1. The summed E-state index contributed by atoms with van der Waals surface area (Å²) in [5, 5.41) is 3.18. The SMILES string of the molecule is CN(Cc1ccccc1)C(=O)CC1SC(=NC2CCCCC2)NC1=O. The number of carbonyl (C=O) groups excluding carboxylic acids is 2. The van der Waals surface area contributed by atoms with Gasteiger partial charge in [-0.15, -0.1) is 0 Å². The van der Waals surface area contributed by atoms with Crippen molar-refractivity contribution in [3.8, 4) is 0 Å². The van der Waals surface area contributed by atoms with Crippen LogP contribution in [0, 0.1) is 0 Å². The highest BCUT2D eigenvalue weighted by atomic mass is 32.2. The summed E-state index contributed by atoms with van der Waals surface area (Å²) in [6, 6.07) is 10.2. The van der Waals surface area contributed by atoms with E-state index in [0.29, 0.717) is 17.8 Å². The molecule has 1 heterocycles. The first kappa shape index (κ1) is 18.0. The van der Waals surface area contributed by atoms with Crippen molar-refractivity contribution in [3.63, 3.8) is 0 Å². The third-order valence-electron chi connectivity index (χ3n) is 4.70. The lowest BCUT2D eigenvalue weighted by Gasteiger charge is -2.18. The van der Waals surface area contributed by atoms with Gasteiger partial charge in [0, 0.05) is 20.0 Å². The van der Waals surface area contributed by atoms with E-state index in [4.69, 9.17) is 0 Å². The van der Waals surface area contributed by atoms with Crippen LogP contribution in [0.2, 0.25) is 0 Å². The van der Waals surface area contributed by atoms with Gasteiger partial charge < -0.3 is 10.2 Å². The van der Waals surface area contributed by atoms with E-state index in [1.165, 1.54) is 31.0 Å². The highest BCUT2D eigenvalue weighted by Gasteiger charge is 2.33. The standard InChI is InChI=1S/C19H25N3O2S/c1-22(13-14-8-4-2-5-9-14)17(23)12-16-18(24)21-19(25-16)20-15-10-6-3-7-11-15/h2,4-5,8-9,15-16H,3,6-7,10-13H2,1H3,(H,20,21,24). The summed E-state index contributed by atoms with van der Waals surface area (Å²) in [5.74, 6) is -0.114. The topological polar surface area (TPSA) is 61.8 Å². The summed E-state index contributed by atoms with van der Waals surface area (Å²) in [4.78, 5) is 31.0. The number of aliphatic imine (C=N–C) groups is 1. The summed E-state index contributed by atoms with van der Waals surface area (Å²) in [6.45, 7) is 0.557. The van der Waals surface area contributed by atoms with Gasteiger partial charge in [-0.25, -0.2) is 0 Å². The predicted octanol–water partition coefficient (Wildman–Crippen LogP) is 2.96. The largest absolute Gasteiger partial charge is 0.341 e. The molecule has 1 N–H and O–H groups in total. The average molecular weight is 359 g/mol. The molecular formula is C19H25N3O2S. The number of nitrogens with zero attached hydrogens (tertiary/aromatic N) is 2. The van der Waals surface area contributed by atoms with Crippen molar-refractivity contribution in [3.05, 3.63) is 35.9 Å². The number of rotatable bonds is 5. The van der Waals surface area contributed by atoms with Crippen LogP contribution in [0.5, 0.6) is 0 Å². The molecule has 1 saturated heterocycles. The molecule has 25 heavy (non-hydrogen) atoms. The molecule has 3 rings (SSSR count). The minimum atomic E-state index is -0.368. The predicted molar refractivity (Wildman–Crippen MR) is 101 cm³/mol. The van der Waals surface area contributed by atoms with Gasteiger partial charge in [0.05, 0.1) is 6.04 Å². The summed E-state index contributed by atoms with van der Waals surface area (Å²) in [5.41, 5.74) is 1.08. The Balaban J connectivity index is 1.52. The Morgan fingerprint density at radius 3 is 2.68 bits per heavy atom. The molecule has 1 atom stereocenters. The van der Waals surface area contributed by atoms with Gasteiger partial charge in [0.1, 0.15) is 5.25 Å². The third-order valence-corrected chi connectivity index (χ3v) is 5.80. The maximum atomic E-state index is 12.4. The first-order valence-corrected chi connectivity index (χ1v) is 9.83. The van der Waals surface area contributed by atoms with Gasteiger partial charge in [-0.2, -0.15) is 0 Å². The molecule has 1 unspecified atom stereocenters. The van der Waals surface area contributed by atoms with Crippen molar-refractivity contribution in [2.24, 2.45) is 4.99 Å². The maximum absolute atomic E-state index is 12.4. The fourth-order valence-electron chi connectivity index (χ4n) is 3.24. The quantitative estimate of drug-likeness (QED) is 0.879. The number of hydrogen-bond acceptors (Lipinski definition) is 4. The Hall–Kier alpha value is -1.82. The van der Waals surface area contributed by atoms with Gasteiger partial charge in [-0.05, 0) is 18.4 Å². The molecule has 1 aromatic rings. The molecule has 0 bridgehead atoms. The summed E-state index contributed by atoms with van der Waals surface area (Å²) in [7, 11) is 1.78. The summed E-state index contributed by atoms with van der Waals surface area (Å²) >= 11 is 1.41. The second kappa shape index (κ2) is 8.52. The van der Waals surface area contributed by atoms with Crippen LogP contribution in [0.25, 0.3) is 0 Å². The van der Waals surface area contributed by atoms with Crippen molar-refractivity contribution < 1.29 is 9.59 Å². The van der Waals surface area contributed by atoms with Gasteiger partial charge in [0.2, 0.25) is 11.8 Å². The Kier molecular flexibility index (Phi) is 6.13. The van der Waals surface area contributed by atoms with Crippen LogP contribution in [0.15, 0.2) is 35.3 Å². The monoisotopic (exact) mass is 359 g/mol. The van der Waals surface area contributed by atoms with Crippen molar-refractivity contribution in [1.29, 1.82) is 0 Å². The van der Waals surface area contributed by atoms with E-state index < -0.39 is 0 Å². The zero-order valence-electron chi connectivity index (χ0n) is 14.6. The summed E-state index contributed by atoms with van der Waals surface area (Å²) in [6.07, 6.45) is 6.13. The smallest absolute Gasteiger partial charge is 0.240 e. The Morgan fingerprint density at radius 1 is 1.24 bits per heavy atom. The third kappa shape index (κ3) is 5.08. The molecule has 0 aromatic heterocycles. The van der Waals surface area contributed by atoms with Crippen molar-refractivity contribution >= 4 is 28.7 Å². The molecule has 1 aromatic carbocycles. The van der Waals surface area contributed by atoms with Crippen LogP contribution < -0.4 is 5.32 Å². The second-order valence-corrected chi connectivity index (χ2v) is 7.95. The van der Waals surface area contributed by atoms with Crippen LogP contribution in [-0.2, 0) is 16.1 Å². The molecule has 1 saturated carbocycles. The lowest BCUT2D eigenvalue weighted by Crippen LogP contribution is -2.32. The van der Waals surface area contributed by atoms with Crippen LogP contribution in [-0.4, -0.2) is 40.2 Å². The van der Waals surface area contributed by atoms with Gasteiger partial charge in [0.15, 0.2) is 5.17 Å². The molecule has 0 radical (unpaired) electrons. The van der Waals surface area contributed by atoms with Crippen molar-refractivity contribution in [2.45, 2.75) is 56.4 Å². The van der Waals surface area contributed by atoms with Gasteiger partial charge in [-0.3, -0.25) is 14.6 Å². The molecule has 1 aliphatic carbocycles. The normalized spacial score (nSPS) is 22.8. The maximum Gasteiger partial charge on any atom is 0.240 e. The minimum Gasteiger partial charge on any atom is -0.341 e. The van der Waals surface area contributed by atoms with E-state index in [-0.39, 0.29) is 23.5 Å². The van der Waals surface area contributed by atoms with Crippen LogP contribution >= 0.6 is 11.8 Å².